The Morgan fingerprint density at radius 1 is 1.43 bits per heavy atom. The second kappa shape index (κ2) is 6.65. The first-order valence-electron chi connectivity index (χ1n) is 5.12. The van der Waals surface area contributed by atoms with E-state index in [2.05, 4.69) is 25.9 Å². The van der Waals surface area contributed by atoms with Crippen molar-refractivity contribution in [3.63, 3.8) is 0 Å². The molecule has 0 saturated carbocycles. The lowest BCUT2D eigenvalue weighted by atomic mass is 10.1. The zero-order chi connectivity index (χ0) is 11.0. The summed E-state index contributed by atoms with van der Waals surface area (Å²) < 4.78 is 5.65. The lowest BCUT2D eigenvalue weighted by Crippen LogP contribution is -2.23. The molecule has 0 aliphatic carbocycles. The van der Waals surface area contributed by atoms with Crippen LogP contribution in [-0.2, 0) is 4.74 Å². The van der Waals surface area contributed by atoms with Crippen LogP contribution >= 0.6 is 0 Å². The van der Waals surface area contributed by atoms with Crippen LogP contribution in [0.5, 0.6) is 0 Å². The fraction of sp³-hybridized carbons (Fsp3) is 0.900. The van der Waals surface area contributed by atoms with E-state index in [0.29, 0.717) is 12.3 Å². The number of nitrogens with two attached hydrogens (primary N) is 1. The van der Waals surface area contributed by atoms with Crippen molar-refractivity contribution in [1.29, 1.82) is 0 Å². The van der Waals surface area contributed by atoms with Crippen LogP contribution in [0.15, 0.2) is 5.16 Å². The minimum atomic E-state index is -0.0311. The van der Waals surface area contributed by atoms with Gasteiger partial charge in [0, 0.05) is 13.0 Å². The fourth-order valence-corrected chi connectivity index (χ4v) is 0.909. The van der Waals surface area contributed by atoms with Crippen molar-refractivity contribution >= 4 is 5.84 Å². The predicted molar refractivity (Wildman–Crippen MR) is 57.6 cm³/mol. The second-order valence-corrected chi connectivity index (χ2v) is 4.01. The third-order valence-corrected chi connectivity index (χ3v) is 2.30. The van der Waals surface area contributed by atoms with E-state index in [0.717, 1.165) is 25.9 Å². The van der Waals surface area contributed by atoms with Gasteiger partial charge in [0.05, 0.1) is 5.60 Å². The molecular weight excluding hydrogens is 180 g/mol. The largest absolute Gasteiger partial charge is 0.409 e. The molecule has 0 bridgehead atoms. The first kappa shape index (κ1) is 13.2. The Morgan fingerprint density at radius 3 is 2.57 bits per heavy atom. The molecule has 0 amide bonds. The summed E-state index contributed by atoms with van der Waals surface area (Å²) in [5, 5.41) is 11.2. The van der Waals surface area contributed by atoms with Crippen LogP contribution in [0.4, 0.5) is 0 Å². The van der Waals surface area contributed by atoms with Crippen molar-refractivity contribution in [2.45, 2.75) is 52.1 Å². The number of hydrogen-bond donors (Lipinski definition) is 2. The van der Waals surface area contributed by atoms with Crippen LogP contribution in [0.2, 0.25) is 0 Å². The minimum Gasteiger partial charge on any atom is -0.409 e. The molecule has 0 radical (unpaired) electrons. The van der Waals surface area contributed by atoms with E-state index in [-0.39, 0.29) is 5.60 Å². The van der Waals surface area contributed by atoms with Crippen LogP contribution in [0.1, 0.15) is 46.5 Å². The average Bonchev–Trinajstić information content (AvgIpc) is 2.17. The van der Waals surface area contributed by atoms with Crippen molar-refractivity contribution in [3.05, 3.63) is 0 Å². The number of hydrogen-bond acceptors (Lipinski definition) is 3. The Labute approximate surface area is 86.1 Å². The lowest BCUT2D eigenvalue weighted by Gasteiger charge is -2.23. The quantitative estimate of drug-likeness (QED) is 0.218. The second-order valence-electron chi connectivity index (χ2n) is 4.01. The molecule has 4 heteroatoms. The SMILES string of the molecule is CCC(C)(C)OCCCC/C(N)=N/O. The minimum absolute atomic E-state index is 0.0311. The Hall–Kier alpha value is -0.770. The molecule has 84 valence electrons. The van der Waals surface area contributed by atoms with Crippen LogP contribution in [0, 0.1) is 0 Å². The van der Waals surface area contributed by atoms with E-state index in [9.17, 15) is 0 Å². The van der Waals surface area contributed by atoms with Gasteiger partial charge in [0.1, 0.15) is 5.84 Å². The number of ether oxygens (including phenoxy) is 1. The van der Waals surface area contributed by atoms with Crippen molar-refractivity contribution in [2.75, 3.05) is 6.61 Å². The molecule has 0 aromatic carbocycles. The molecule has 0 fully saturated rings. The maximum atomic E-state index is 8.29. The van der Waals surface area contributed by atoms with Crippen molar-refractivity contribution in [2.24, 2.45) is 10.9 Å². The molecule has 0 rings (SSSR count). The molecule has 0 unspecified atom stereocenters. The summed E-state index contributed by atoms with van der Waals surface area (Å²) in [4.78, 5) is 0. The number of oxime groups is 1. The van der Waals surface area contributed by atoms with Gasteiger partial charge in [0.15, 0.2) is 0 Å². The smallest absolute Gasteiger partial charge is 0.139 e. The summed E-state index contributed by atoms with van der Waals surface area (Å²) >= 11 is 0. The first-order chi connectivity index (χ1) is 6.52. The molecule has 0 spiro atoms. The van der Waals surface area contributed by atoms with Gasteiger partial charge in [-0.3, -0.25) is 0 Å². The molecule has 0 aromatic rings. The van der Waals surface area contributed by atoms with Crippen molar-refractivity contribution in [3.8, 4) is 0 Å². The number of unbranched alkanes of at least 4 members (excludes halogenated alkanes) is 1. The molecular formula is C10H22N2O2. The van der Waals surface area contributed by atoms with E-state index in [1.165, 1.54) is 0 Å². The Balaban J connectivity index is 3.39. The molecule has 0 atom stereocenters. The van der Waals surface area contributed by atoms with E-state index in [1.807, 2.05) is 0 Å². The van der Waals surface area contributed by atoms with Crippen LogP contribution in [0.25, 0.3) is 0 Å². The highest BCUT2D eigenvalue weighted by Gasteiger charge is 2.14. The summed E-state index contributed by atoms with van der Waals surface area (Å²) in [6.45, 7) is 7.00. The van der Waals surface area contributed by atoms with Gasteiger partial charge in [-0.2, -0.15) is 0 Å². The highest BCUT2D eigenvalue weighted by Crippen LogP contribution is 2.14. The van der Waals surface area contributed by atoms with Gasteiger partial charge in [0.2, 0.25) is 0 Å². The zero-order valence-electron chi connectivity index (χ0n) is 9.42. The number of nitrogens with zero attached hydrogens (tertiary/aromatic N) is 1. The Morgan fingerprint density at radius 2 is 2.07 bits per heavy atom. The molecule has 3 N–H and O–H groups in total. The summed E-state index contributed by atoms with van der Waals surface area (Å²) in [5.41, 5.74) is 5.30. The van der Waals surface area contributed by atoms with Crippen LogP contribution in [-0.4, -0.2) is 23.3 Å². The van der Waals surface area contributed by atoms with E-state index in [1.54, 1.807) is 0 Å². The van der Waals surface area contributed by atoms with Crippen LogP contribution < -0.4 is 5.73 Å². The first-order valence-corrected chi connectivity index (χ1v) is 5.12. The van der Waals surface area contributed by atoms with E-state index in [4.69, 9.17) is 15.7 Å². The summed E-state index contributed by atoms with van der Waals surface area (Å²) in [6.07, 6.45) is 3.48. The number of rotatable bonds is 7. The lowest BCUT2D eigenvalue weighted by molar-refractivity contribution is -0.0213. The molecule has 0 aliphatic rings. The molecule has 4 nitrogen and oxygen atoms in total. The van der Waals surface area contributed by atoms with Gasteiger partial charge < -0.3 is 15.7 Å². The molecule has 0 heterocycles. The van der Waals surface area contributed by atoms with E-state index >= 15 is 0 Å². The topological polar surface area (TPSA) is 67.8 Å². The fourth-order valence-electron chi connectivity index (χ4n) is 0.909. The average molecular weight is 202 g/mol. The summed E-state index contributed by atoms with van der Waals surface area (Å²) in [6, 6.07) is 0. The highest BCUT2D eigenvalue weighted by atomic mass is 16.5. The zero-order valence-corrected chi connectivity index (χ0v) is 9.42. The molecule has 0 aromatic heterocycles. The summed E-state index contributed by atoms with van der Waals surface area (Å²) in [7, 11) is 0. The van der Waals surface area contributed by atoms with E-state index < -0.39 is 0 Å². The van der Waals surface area contributed by atoms with Gasteiger partial charge in [-0.15, -0.1) is 0 Å². The van der Waals surface area contributed by atoms with Gasteiger partial charge in [-0.05, 0) is 33.1 Å². The Bertz CT molecular complexity index is 179. The highest BCUT2D eigenvalue weighted by molar-refractivity contribution is 5.79. The molecule has 0 saturated heterocycles. The van der Waals surface area contributed by atoms with Crippen LogP contribution in [0.3, 0.4) is 0 Å². The van der Waals surface area contributed by atoms with Gasteiger partial charge >= 0.3 is 0 Å². The third kappa shape index (κ3) is 6.71. The Kier molecular flexibility index (Phi) is 6.28. The van der Waals surface area contributed by atoms with Crippen molar-refractivity contribution < 1.29 is 9.94 Å². The maximum absolute atomic E-state index is 8.29. The van der Waals surface area contributed by atoms with Gasteiger partial charge in [0.25, 0.3) is 0 Å². The van der Waals surface area contributed by atoms with Crippen molar-refractivity contribution in [1.82, 2.24) is 0 Å². The maximum Gasteiger partial charge on any atom is 0.139 e. The predicted octanol–water partition coefficient (Wildman–Crippen LogP) is 2.11. The monoisotopic (exact) mass is 202 g/mol. The third-order valence-electron chi connectivity index (χ3n) is 2.30. The standard InChI is InChI=1S/C10H22N2O2/c1-4-10(2,3)14-8-6-5-7-9(11)12-13/h13H,4-8H2,1-3H3,(H2,11,12). The van der Waals surface area contributed by atoms with Gasteiger partial charge in [-0.1, -0.05) is 12.1 Å². The number of amidine groups is 1. The normalized spacial score (nSPS) is 13.2. The molecule has 14 heavy (non-hydrogen) atoms. The van der Waals surface area contributed by atoms with Gasteiger partial charge in [-0.25, -0.2) is 0 Å². The summed E-state index contributed by atoms with van der Waals surface area (Å²) in [5.74, 6) is 0.291. The molecule has 0 aliphatic heterocycles.